The second kappa shape index (κ2) is 13.8. The van der Waals surface area contributed by atoms with Crippen LogP contribution < -0.4 is 20.3 Å². The Morgan fingerprint density at radius 2 is 1.36 bits per heavy atom. The van der Waals surface area contributed by atoms with Crippen LogP contribution in [0.5, 0.6) is 0 Å². The molecule has 0 saturated carbocycles. The van der Waals surface area contributed by atoms with Crippen LogP contribution in [0.1, 0.15) is 16.4 Å². The van der Waals surface area contributed by atoms with Crippen molar-refractivity contribution < 1.29 is 34.8 Å². The SMILES string of the molecule is O=C(NNc1ccc(NS(=O)(=O)c2cccc(NS(=O)(=O)CSC(c3ccccc3)c3ccc(Cl)cc3)c2)cc1)C(F)(F)F. The van der Waals surface area contributed by atoms with Crippen molar-refractivity contribution in [2.45, 2.75) is 16.3 Å². The molecule has 1 unspecified atom stereocenters. The minimum absolute atomic E-state index is 0.0242. The molecule has 0 heterocycles. The van der Waals surface area contributed by atoms with Gasteiger partial charge in [-0.15, -0.1) is 11.8 Å². The Balaban J connectivity index is 1.42. The van der Waals surface area contributed by atoms with Crippen molar-refractivity contribution in [3.63, 3.8) is 0 Å². The number of carbonyl (C=O) groups is 1. The van der Waals surface area contributed by atoms with Gasteiger partial charge in [0.1, 0.15) is 5.08 Å². The van der Waals surface area contributed by atoms with Gasteiger partial charge in [0, 0.05) is 16.4 Å². The Labute approximate surface area is 261 Å². The minimum Gasteiger partial charge on any atom is -0.298 e. The van der Waals surface area contributed by atoms with Crippen molar-refractivity contribution in [3.05, 3.63) is 119 Å². The lowest BCUT2D eigenvalue weighted by atomic mass is 10.0. The molecule has 0 aromatic heterocycles. The number of hydrazine groups is 1. The zero-order chi connectivity index (χ0) is 32.0. The molecule has 0 bridgehead atoms. The van der Waals surface area contributed by atoms with Crippen molar-refractivity contribution in [1.29, 1.82) is 0 Å². The standard InChI is InChI=1S/C28H24ClF3N4O5S3/c29-21-11-9-20(10-12-21)26(19-5-2-1-3-6-19)42-18-43(38,39)35-24-7-4-8-25(17-24)44(40,41)36-23-15-13-22(14-16-23)33-34-27(37)28(30,31)32/h1-17,26,33,35-36H,18H2,(H,34,37). The van der Waals surface area contributed by atoms with E-state index in [1.54, 1.807) is 12.1 Å². The fourth-order valence-electron chi connectivity index (χ4n) is 3.78. The topological polar surface area (TPSA) is 133 Å². The highest BCUT2D eigenvalue weighted by molar-refractivity contribution is 8.13. The van der Waals surface area contributed by atoms with E-state index in [-0.39, 0.29) is 32.3 Å². The first-order valence-electron chi connectivity index (χ1n) is 12.5. The van der Waals surface area contributed by atoms with Gasteiger partial charge in [-0.3, -0.25) is 25.1 Å². The summed E-state index contributed by atoms with van der Waals surface area (Å²) in [5, 5.41) is -0.106. The summed E-state index contributed by atoms with van der Waals surface area (Å²) < 4.78 is 93.7. The molecule has 16 heteroatoms. The van der Waals surface area contributed by atoms with E-state index in [4.69, 9.17) is 11.6 Å². The number of nitrogens with one attached hydrogen (secondary N) is 4. The van der Waals surface area contributed by atoms with Crippen LogP contribution in [0.25, 0.3) is 0 Å². The number of rotatable bonds is 12. The van der Waals surface area contributed by atoms with Crippen LogP contribution in [0.4, 0.5) is 30.2 Å². The van der Waals surface area contributed by atoms with E-state index in [0.717, 1.165) is 17.2 Å². The van der Waals surface area contributed by atoms with Gasteiger partial charge in [0.05, 0.1) is 15.8 Å². The van der Waals surface area contributed by atoms with Crippen molar-refractivity contribution in [2.24, 2.45) is 0 Å². The van der Waals surface area contributed by atoms with Gasteiger partial charge < -0.3 is 0 Å². The van der Waals surface area contributed by atoms with Crippen molar-refractivity contribution >= 4 is 66.4 Å². The monoisotopic (exact) mass is 684 g/mol. The summed E-state index contributed by atoms with van der Waals surface area (Å²) in [4.78, 5) is 10.7. The Kier molecular flexibility index (Phi) is 10.3. The first kappa shape index (κ1) is 33.0. The summed E-state index contributed by atoms with van der Waals surface area (Å²) in [6.45, 7) is 0. The smallest absolute Gasteiger partial charge is 0.298 e. The predicted molar refractivity (Wildman–Crippen MR) is 166 cm³/mol. The molecular weight excluding hydrogens is 661 g/mol. The van der Waals surface area contributed by atoms with E-state index in [2.05, 4.69) is 14.9 Å². The first-order chi connectivity index (χ1) is 20.7. The van der Waals surface area contributed by atoms with E-state index in [1.165, 1.54) is 59.7 Å². The van der Waals surface area contributed by atoms with E-state index in [0.29, 0.717) is 5.02 Å². The molecule has 4 aromatic carbocycles. The van der Waals surface area contributed by atoms with Crippen LogP contribution in [-0.4, -0.2) is 34.0 Å². The maximum absolute atomic E-state index is 13.0. The molecule has 0 spiro atoms. The lowest BCUT2D eigenvalue weighted by molar-refractivity contribution is -0.173. The third kappa shape index (κ3) is 9.29. The van der Waals surface area contributed by atoms with Crippen molar-refractivity contribution in [1.82, 2.24) is 5.43 Å². The fraction of sp³-hybridized carbons (Fsp3) is 0.107. The van der Waals surface area contributed by atoms with Gasteiger partial charge in [-0.1, -0.05) is 60.1 Å². The van der Waals surface area contributed by atoms with Crippen LogP contribution >= 0.6 is 23.4 Å². The number of hydrogen-bond donors (Lipinski definition) is 4. The Morgan fingerprint density at radius 3 is 2.00 bits per heavy atom. The molecule has 0 aliphatic heterocycles. The number of hydrogen-bond acceptors (Lipinski definition) is 7. The number of amides is 1. The van der Waals surface area contributed by atoms with E-state index < -0.39 is 32.1 Å². The van der Waals surface area contributed by atoms with E-state index >= 15 is 0 Å². The Hall–Kier alpha value is -3.92. The third-order valence-electron chi connectivity index (χ3n) is 5.80. The normalized spacial score (nSPS) is 12.6. The number of halogens is 4. The largest absolute Gasteiger partial charge is 0.472 e. The molecule has 0 saturated heterocycles. The molecule has 9 nitrogen and oxygen atoms in total. The molecule has 44 heavy (non-hydrogen) atoms. The molecular formula is C28H24ClF3N4O5S3. The summed E-state index contributed by atoms with van der Waals surface area (Å²) in [6, 6.07) is 26.6. The quantitative estimate of drug-likeness (QED) is 0.128. The van der Waals surface area contributed by atoms with E-state index in [1.807, 2.05) is 42.5 Å². The molecule has 0 aliphatic rings. The number of anilines is 3. The predicted octanol–water partition coefficient (Wildman–Crippen LogP) is 6.37. The van der Waals surface area contributed by atoms with Crippen molar-refractivity contribution in [3.8, 4) is 0 Å². The maximum Gasteiger partial charge on any atom is 0.472 e. The summed E-state index contributed by atoms with van der Waals surface area (Å²) >= 11 is 7.20. The summed E-state index contributed by atoms with van der Waals surface area (Å²) in [5.74, 6) is -2.20. The highest BCUT2D eigenvalue weighted by atomic mass is 35.5. The molecule has 4 rings (SSSR count). The Bertz CT molecular complexity index is 1810. The molecule has 0 radical (unpaired) electrons. The lowest BCUT2D eigenvalue weighted by Gasteiger charge is -2.18. The first-order valence-corrected chi connectivity index (χ1v) is 17.1. The number of carbonyl (C=O) groups excluding carboxylic acids is 1. The molecule has 4 aromatic rings. The van der Waals surface area contributed by atoms with Crippen LogP contribution in [0.3, 0.4) is 0 Å². The average Bonchev–Trinajstić information content (AvgIpc) is 2.97. The maximum atomic E-state index is 13.0. The van der Waals surface area contributed by atoms with Gasteiger partial charge in [0.2, 0.25) is 10.0 Å². The van der Waals surface area contributed by atoms with Gasteiger partial charge in [-0.2, -0.15) is 13.2 Å². The second-order valence-electron chi connectivity index (χ2n) is 9.13. The molecule has 232 valence electrons. The highest BCUT2D eigenvalue weighted by Gasteiger charge is 2.38. The summed E-state index contributed by atoms with van der Waals surface area (Å²) in [5.41, 5.74) is 5.44. The Morgan fingerprint density at radius 1 is 0.750 bits per heavy atom. The van der Waals surface area contributed by atoms with Gasteiger partial charge in [0.15, 0.2) is 0 Å². The molecule has 1 amide bonds. The van der Waals surface area contributed by atoms with Gasteiger partial charge >= 0.3 is 12.1 Å². The molecule has 1 atom stereocenters. The molecule has 4 N–H and O–H groups in total. The van der Waals surface area contributed by atoms with E-state index in [9.17, 15) is 34.8 Å². The molecule has 0 fully saturated rings. The second-order valence-corrected chi connectivity index (χ2v) is 14.4. The van der Waals surface area contributed by atoms with Crippen LogP contribution in [0.2, 0.25) is 5.02 Å². The lowest BCUT2D eigenvalue weighted by Crippen LogP contribution is -2.40. The number of sulfonamides is 2. The number of alkyl halides is 3. The van der Waals surface area contributed by atoms with Crippen LogP contribution in [0, 0.1) is 0 Å². The average molecular weight is 685 g/mol. The van der Waals surface area contributed by atoms with Crippen LogP contribution in [0.15, 0.2) is 108 Å². The summed E-state index contributed by atoms with van der Waals surface area (Å²) in [7, 11) is -8.13. The number of thioether (sulfide) groups is 1. The summed E-state index contributed by atoms with van der Waals surface area (Å²) in [6.07, 6.45) is -5.08. The van der Waals surface area contributed by atoms with Gasteiger partial charge in [-0.05, 0) is 65.7 Å². The van der Waals surface area contributed by atoms with Gasteiger partial charge in [-0.25, -0.2) is 16.8 Å². The zero-order valence-electron chi connectivity index (χ0n) is 22.4. The fourth-order valence-corrected chi connectivity index (χ4v) is 7.69. The highest BCUT2D eigenvalue weighted by Crippen LogP contribution is 2.37. The van der Waals surface area contributed by atoms with Crippen molar-refractivity contribution in [2.75, 3.05) is 20.0 Å². The zero-order valence-corrected chi connectivity index (χ0v) is 25.6. The molecule has 0 aliphatic carbocycles. The van der Waals surface area contributed by atoms with Gasteiger partial charge in [0.25, 0.3) is 10.0 Å². The number of benzene rings is 4. The third-order valence-corrected chi connectivity index (χ3v) is 10.6. The minimum atomic E-state index is -5.08. The van der Waals surface area contributed by atoms with Crippen LogP contribution in [-0.2, 0) is 24.8 Å².